The normalized spacial score (nSPS) is 11.5. The maximum atomic E-state index is 9.70. The molecule has 0 bridgehead atoms. The lowest BCUT2D eigenvalue weighted by molar-refractivity contribution is 0.405. The van der Waals surface area contributed by atoms with E-state index in [0.29, 0.717) is 5.75 Å². The molecule has 0 saturated heterocycles. The number of methoxy groups -OCH3 is 1. The van der Waals surface area contributed by atoms with Gasteiger partial charge in [0.05, 0.1) is 7.11 Å². The molecular weight excluding hydrogens is 190 g/mol. The predicted octanol–water partition coefficient (Wildman–Crippen LogP) is 2.07. The summed E-state index contributed by atoms with van der Waals surface area (Å²) in [6.45, 7) is 3.96. The van der Waals surface area contributed by atoms with Crippen molar-refractivity contribution in [2.75, 3.05) is 7.11 Å². The van der Waals surface area contributed by atoms with Gasteiger partial charge in [-0.25, -0.2) is 0 Å². The molecule has 0 unspecified atom stereocenters. The van der Waals surface area contributed by atoms with Gasteiger partial charge < -0.3 is 15.6 Å². The second kappa shape index (κ2) is 4.53. The van der Waals surface area contributed by atoms with Gasteiger partial charge in [-0.05, 0) is 38.3 Å². The van der Waals surface area contributed by atoms with Crippen molar-refractivity contribution in [1.82, 2.24) is 0 Å². The van der Waals surface area contributed by atoms with Gasteiger partial charge in [-0.15, -0.1) is 0 Å². The minimum atomic E-state index is -0.202. The number of nitrogens with two attached hydrogens (primary N) is 1. The van der Waals surface area contributed by atoms with Gasteiger partial charge >= 0.3 is 0 Å². The van der Waals surface area contributed by atoms with Gasteiger partial charge in [0.15, 0.2) is 0 Å². The highest BCUT2D eigenvalue weighted by molar-refractivity contribution is 5.39. The smallest absolute Gasteiger partial charge is 0.122 e. The first-order valence-electron chi connectivity index (χ1n) is 5.07. The summed E-state index contributed by atoms with van der Waals surface area (Å²) in [4.78, 5) is 0. The number of rotatable bonds is 4. The van der Waals surface area contributed by atoms with Crippen molar-refractivity contribution in [3.8, 4) is 11.5 Å². The Balaban J connectivity index is 2.70. The fourth-order valence-corrected chi connectivity index (χ4v) is 1.34. The monoisotopic (exact) mass is 209 g/mol. The third-order valence-corrected chi connectivity index (χ3v) is 2.33. The zero-order chi connectivity index (χ0) is 11.5. The van der Waals surface area contributed by atoms with Crippen molar-refractivity contribution in [3.63, 3.8) is 0 Å². The number of phenols is 1. The number of hydrogen-bond acceptors (Lipinski definition) is 3. The van der Waals surface area contributed by atoms with Gasteiger partial charge in [-0.2, -0.15) is 0 Å². The molecule has 0 amide bonds. The number of aromatic hydroxyl groups is 1. The van der Waals surface area contributed by atoms with E-state index >= 15 is 0 Å². The van der Waals surface area contributed by atoms with Crippen molar-refractivity contribution in [2.45, 2.75) is 32.2 Å². The predicted molar refractivity (Wildman–Crippen MR) is 61.2 cm³/mol. The lowest BCUT2D eigenvalue weighted by Gasteiger charge is -2.18. The summed E-state index contributed by atoms with van der Waals surface area (Å²) in [5.74, 6) is 0.946. The van der Waals surface area contributed by atoms with E-state index in [1.54, 1.807) is 13.2 Å². The first-order chi connectivity index (χ1) is 6.92. The van der Waals surface area contributed by atoms with E-state index in [-0.39, 0.29) is 11.3 Å². The molecule has 3 nitrogen and oxygen atoms in total. The molecule has 84 valence electrons. The minimum absolute atomic E-state index is 0.202. The number of benzene rings is 1. The molecule has 1 rings (SSSR count). The van der Waals surface area contributed by atoms with Crippen molar-refractivity contribution in [2.24, 2.45) is 5.73 Å². The van der Waals surface area contributed by atoms with E-state index in [9.17, 15) is 5.11 Å². The van der Waals surface area contributed by atoms with E-state index < -0.39 is 0 Å². The number of aryl methyl sites for hydroxylation is 1. The molecule has 0 saturated carbocycles. The summed E-state index contributed by atoms with van der Waals surface area (Å²) in [6, 6.07) is 5.34. The van der Waals surface area contributed by atoms with Crippen molar-refractivity contribution >= 4 is 0 Å². The van der Waals surface area contributed by atoms with Crippen LogP contribution in [0.2, 0.25) is 0 Å². The molecule has 0 heterocycles. The molecule has 0 radical (unpaired) electrons. The van der Waals surface area contributed by atoms with E-state index in [2.05, 4.69) is 0 Å². The van der Waals surface area contributed by atoms with Gasteiger partial charge in [0.2, 0.25) is 0 Å². The van der Waals surface area contributed by atoms with Gasteiger partial charge in [0.1, 0.15) is 11.5 Å². The minimum Gasteiger partial charge on any atom is -0.508 e. The average Bonchev–Trinajstić information content (AvgIpc) is 2.14. The number of phenolic OH excluding ortho intramolecular Hbond substituents is 1. The van der Waals surface area contributed by atoms with Crippen molar-refractivity contribution in [1.29, 1.82) is 0 Å². The molecule has 0 aromatic heterocycles. The highest BCUT2D eigenvalue weighted by Gasteiger charge is 2.12. The third-order valence-electron chi connectivity index (χ3n) is 2.33. The SMILES string of the molecule is COc1ccc(CCC(C)(C)N)c(O)c1. The molecule has 3 N–H and O–H groups in total. The Kier molecular flexibility index (Phi) is 3.58. The topological polar surface area (TPSA) is 55.5 Å². The van der Waals surface area contributed by atoms with Crippen LogP contribution in [0.4, 0.5) is 0 Å². The molecule has 0 aliphatic carbocycles. The van der Waals surface area contributed by atoms with Crippen LogP contribution in [0.1, 0.15) is 25.8 Å². The zero-order valence-corrected chi connectivity index (χ0v) is 9.58. The van der Waals surface area contributed by atoms with Crippen LogP contribution in [-0.2, 0) is 6.42 Å². The van der Waals surface area contributed by atoms with Gasteiger partial charge in [-0.1, -0.05) is 6.07 Å². The lowest BCUT2D eigenvalue weighted by Crippen LogP contribution is -2.32. The second-order valence-electron chi connectivity index (χ2n) is 4.48. The van der Waals surface area contributed by atoms with Crippen LogP contribution in [0.15, 0.2) is 18.2 Å². The summed E-state index contributed by atoms with van der Waals surface area (Å²) in [5.41, 5.74) is 6.59. The second-order valence-corrected chi connectivity index (χ2v) is 4.48. The highest BCUT2D eigenvalue weighted by atomic mass is 16.5. The largest absolute Gasteiger partial charge is 0.508 e. The molecule has 0 aliphatic rings. The Morgan fingerprint density at radius 1 is 1.40 bits per heavy atom. The number of hydrogen-bond donors (Lipinski definition) is 2. The molecule has 1 aromatic rings. The van der Waals surface area contributed by atoms with Gasteiger partial charge in [-0.3, -0.25) is 0 Å². The first kappa shape index (κ1) is 11.9. The van der Waals surface area contributed by atoms with Crippen molar-refractivity contribution in [3.05, 3.63) is 23.8 Å². The fourth-order valence-electron chi connectivity index (χ4n) is 1.34. The Morgan fingerprint density at radius 2 is 2.07 bits per heavy atom. The molecule has 15 heavy (non-hydrogen) atoms. The number of ether oxygens (including phenoxy) is 1. The Morgan fingerprint density at radius 3 is 2.53 bits per heavy atom. The Labute approximate surface area is 90.9 Å². The summed E-state index contributed by atoms with van der Waals surface area (Å²) in [7, 11) is 1.58. The van der Waals surface area contributed by atoms with Crippen LogP contribution in [0, 0.1) is 0 Å². The standard InChI is InChI=1S/C12H19NO2/c1-12(2,13)7-6-9-4-5-10(15-3)8-11(9)14/h4-5,8,14H,6-7,13H2,1-3H3. The van der Waals surface area contributed by atoms with Crippen LogP contribution in [0.3, 0.4) is 0 Å². The van der Waals surface area contributed by atoms with Crippen molar-refractivity contribution < 1.29 is 9.84 Å². The highest BCUT2D eigenvalue weighted by Crippen LogP contribution is 2.25. The average molecular weight is 209 g/mol. The zero-order valence-electron chi connectivity index (χ0n) is 9.58. The van der Waals surface area contributed by atoms with Crippen LogP contribution in [0.5, 0.6) is 11.5 Å². The molecule has 1 aromatic carbocycles. The molecule has 0 atom stereocenters. The molecule has 0 spiro atoms. The summed E-state index contributed by atoms with van der Waals surface area (Å²) in [5, 5.41) is 9.70. The van der Waals surface area contributed by atoms with Gasteiger partial charge in [0.25, 0.3) is 0 Å². The van der Waals surface area contributed by atoms with E-state index in [1.807, 2.05) is 26.0 Å². The maximum absolute atomic E-state index is 9.70. The Hall–Kier alpha value is -1.22. The molecular formula is C12H19NO2. The van der Waals surface area contributed by atoms with Crippen LogP contribution in [-0.4, -0.2) is 17.8 Å². The third kappa shape index (κ3) is 3.80. The lowest BCUT2D eigenvalue weighted by atomic mass is 9.96. The first-order valence-corrected chi connectivity index (χ1v) is 5.07. The summed E-state index contributed by atoms with van der Waals surface area (Å²) in [6.07, 6.45) is 1.62. The van der Waals surface area contributed by atoms with Crippen LogP contribution in [0.25, 0.3) is 0 Å². The summed E-state index contributed by atoms with van der Waals surface area (Å²) < 4.78 is 5.01. The Bertz CT molecular complexity index is 329. The quantitative estimate of drug-likeness (QED) is 0.798. The van der Waals surface area contributed by atoms with Crippen LogP contribution >= 0.6 is 0 Å². The summed E-state index contributed by atoms with van der Waals surface area (Å²) >= 11 is 0. The molecule has 0 fully saturated rings. The fraction of sp³-hybridized carbons (Fsp3) is 0.500. The van der Waals surface area contributed by atoms with Gasteiger partial charge in [0, 0.05) is 11.6 Å². The van der Waals surface area contributed by atoms with E-state index in [0.717, 1.165) is 18.4 Å². The molecule has 3 heteroatoms. The van der Waals surface area contributed by atoms with Crippen LogP contribution < -0.4 is 10.5 Å². The maximum Gasteiger partial charge on any atom is 0.122 e. The van der Waals surface area contributed by atoms with E-state index in [1.165, 1.54) is 0 Å². The molecule has 0 aliphatic heterocycles. The van der Waals surface area contributed by atoms with E-state index in [4.69, 9.17) is 10.5 Å².